The van der Waals surface area contributed by atoms with Gasteiger partial charge in [0.15, 0.2) is 11.9 Å². The van der Waals surface area contributed by atoms with Crippen molar-refractivity contribution in [3.8, 4) is 0 Å². The first-order valence-corrected chi connectivity index (χ1v) is 6.40. The first kappa shape index (κ1) is 11.6. The van der Waals surface area contributed by atoms with Gasteiger partial charge in [0.2, 0.25) is 0 Å². The van der Waals surface area contributed by atoms with Gasteiger partial charge in [0.05, 0.1) is 6.10 Å². The summed E-state index contributed by atoms with van der Waals surface area (Å²) in [7, 11) is 0. The largest absolute Gasteiger partial charge is 0.387 e. The fourth-order valence-corrected chi connectivity index (χ4v) is 2.42. The number of aliphatic hydroxyl groups excluding tert-OH is 1. The molecular weight excluding hydrogens is 230 g/mol. The summed E-state index contributed by atoms with van der Waals surface area (Å²) >= 11 is 0. The molecule has 1 aliphatic heterocycles. The molecule has 18 heavy (non-hydrogen) atoms. The molecule has 0 spiro atoms. The lowest BCUT2D eigenvalue weighted by Crippen LogP contribution is -2.19. The van der Waals surface area contributed by atoms with E-state index in [1.54, 1.807) is 13.1 Å². The smallest absolute Gasteiger partial charge is 0.160 e. The lowest BCUT2D eigenvalue weighted by molar-refractivity contribution is -0.0375. The van der Waals surface area contributed by atoms with Gasteiger partial charge in [-0.3, -0.25) is 0 Å². The molecule has 2 aromatic heterocycles. The van der Waals surface area contributed by atoms with Crippen molar-refractivity contribution < 1.29 is 9.84 Å². The molecule has 0 saturated carbocycles. The van der Waals surface area contributed by atoms with Crippen molar-refractivity contribution in [3.05, 3.63) is 24.0 Å². The fraction of sp³-hybridized carbons (Fsp3) is 0.538. The second kappa shape index (κ2) is 4.66. The van der Waals surface area contributed by atoms with Crippen LogP contribution in [0.25, 0.3) is 11.0 Å². The van der Waals surface area contributed by atoms with Crippen LogP contribution in [0, 0.1) is 0 Å². The van der Waals surface area contributed by atoms with E-state index in [0.29, 0.717) is 5.69 Å². The molecule has 3 rings (SSSR count). The third-order valence-electron chi connectivity index (χ3n) is 3.32. The Hall–Kier alpha value is -1.46. The van der Waals surface area contributed by atoms with Gasteiger partial charge in [0.25, 0.3) is 0 Å². The summed E-state index contributed by atoms with van der Waals surface area (Å²) in [5.41, 5.74) is 1.47. The van der Waals surface area contributed by atoms with Crippen LogP contribution in [0.15, 0.2) is 18.3 Å². The van der Waals surface area contributed by atoms with E-state index in [-0.39, 0.29) is 6.23 Å². The van der Waals surface area contributed by atoms with E-state index in [4.69, 9.17) is 4.74 Å². The molecule has 0 aromatic carbocycles. The number of hydrogen-bond acceptors (Lipinski definition) is 4. The van der Waals surface area contributed by atoms with Crippen LogP contribution in [0.1, 0.15) is 44.2 Å². The van der Waals surface area contributed by atoms with E-state index in [9.17, 15) is 5.11 Å². The zero-order valence-electron chi connectivity index (χ0n) is 10.4. The number of aliphatic hydroxyl groups is 1. The highest BCUT2D eigenvalue weighted by Crippen LogP contribution is 2.28. The second-order valence-electron chi connectivity index (χ2n) is 4.70. The topological polar surface area (TPSA) is 60.2 Å². The maximum atomic E-state index is 9.79. The Labute approximate surface area is 105 Å². The number of pyridine rings is 1. The Morgan fingerprint density at radius 2 is 2.39 bits per heavy atom. The fourth-order valence-electron chi connectivity index (χ4n) is 2.42. The maximum Gasteiger partial charge on any atom is 0.160 e. The molecule has 5 nitrogen and oxygen atoms in total. The maximum absolute atomic E-state index is 9.79. The Kier molecular flexibility index (Phi) is 3.01. The molecular formula is C13H17N3O2. The highest BCUT2D eigenvalue weighted by Gasteiger charge is 2.22. The first-order chi connectivity index (χ1) is 8.77. The second-order valence-corrected chi connectivity index (χ2v) is 4.70. The lowest BCUT2D eigenvalue weighted by Gasteiger charge is -2.23. The van der Waals surface area contributed by atoms with Crippen LogP contribution in [0.3, 0.4) is 0 Å². The van der Waals surface area contributed by atoms with Gasteiger partial charge in [-0.05, 0) is 38.3 Å². The van der Waals surface area contributed by atoms with Gasteiger partial charge in [-0.1, -0.05) is 0 Å². The van der Waals surface area contributed by atoms with Gasteiger partial charge in [-0.2, -0.15) is 5.10 Å². The van der Waals surface area contributed by atoms with E-state index >= 15 is 0 Å². The Morgan fingerprint density at radius 1 is 1.50 bits per heavy atom. The van der Waals surface area contributed by atoms with Crippen molar-refractivity contribution in [2.75, 3.05) is 6.61 Å². The Balaban J connectivity index is 2.10. The van der Waals surface area contributed by atoms with E-state index in [2.05, 4.69) is 10.1 Å². The predicted octanol–water partition coefficient (Wildman–Crippen LogP) is 2.18. The number of nitrogens with zero attached hydrogens (tertiary/aromatic N) is 3. The van der Waals surface area contributed by atoms with Gasteiger partial charge in [0, 0.05) is 18.2 Å². The van der Waals surface area contributed by atoms with Crippen LogP contribution < -0.4 is 0 Å². The van der Waals surface area contributed by atoms with Crippen LogP contribution in [-0.4, -0.2) is 26.5 Å². The van der Waals surface area contributed by atoms with E-state index in [1.165, 1.54) is 0 Å². The van der Waals surface area contributed by atoms with Crippen LogP contribution in [0.2, 0.25) is 0 Å². The van der Waals surface area contributed by atoms with Crippen LogP contribution in [0.4, 0.5) is 0 Å². The summed E-state index contributed by atoms with van der Waals surface area (Å²) in [4.78, 5) is 4.37. The molecule has 3 heterocycles. The van der Waals surface area contributed by atoms with Crippen molar-refractivity contribution in [2.45, 2.75) is 38.5 Å². The van der Waals surface area contributed by atoms with Crippen LogP contribution in [0.5, 0.6) is 0 Å². The minimum atomic E-state index is -0.596. The molecule has 96 valence electrons. The van der Waals surface area contributed by atoms with Crippen LogP contribution in [-0.2, 0) is 4.74 Å². The van der Waals surface area contributed by atoms with Gasteiger partial charge in [-0.25, -0.2) is 9.67 Å². The molecule has 0 radical (unpaired) electrons. The number of aromatic nitrogens is 3. The molecule has 0 bridgehead atoms. The highest BCUT2D eigenvalue weighted by molar-refractivity contribution is 5.78. The zero-order valence-corrected chi connectivity index (χ0v) is 10.4. The molecule has 1 fully saturated rings. The lowest BCUT2D eigenvalue weighted by atomic mass is 10.2. The zero-order chi connectivity index (χ0) is 12.5. The highest BCUT2D eigenvalue weighted by atomic mass is 16.5. The average Bonchev–Trinajstić information content (AvgIpc) is 2.79. The summed E-state index contributed by atoms with van der Waals surface area (Å²) in [6, 6.07) is 3.80. The average molecular weight is 247 g/mol. The summed E-state index contributed by atoms with van der Waals surface area (Å²) in [5.74, 6) is 0. The molecule has 5 heteroatoms. The molecule has 2 atom stereocenters. The van der Waals surface area contributed by atoms with Gasteiger partial charge >= 0.3 is 0 Å². The first-order valence-electron chi connectivity index (χ1n) is 6.40. The minimum absolute atomic E-state index is 0.0522. The number of rotatable bonds is 2. The molecule has 2 aromatic rings. The normalized spacial score (nSPS) is 22.2. The summed E-state index contributed by atoms with van der Waals surface area (Å²) in [5, 5.41) is 15.2. The quantitative estimate of drug-likeness (QED) is 0.883. The summed E-state index contributed by atoms with van der Waals surface area (Å²) in [6.45, 7) is 2.49. The van der Waals surface area contributed by atoms with Crippen molar-refractivity contribution >= 4 is 11.0 Å². The molecule has 1 saturated heterocycles. The van der Waals surface area contributed by atoms with E-state index < -0.39 is 6.10 Å². The molecule has 1 aliphatic rings. The third-order valence-corrected chi connectivity index (χ3v) is 3.32. The minimum Gasteiger partial charge on any atom is -0.387 e. The van der Waals surface area contributed by atoms with E-state index in [1.807, 2.05) is 16.8 Å². The van der Waals surface area contributed by atoms with Crippen molar-refractivity contribution in [1.29, 1.82) is 0 Å². The SMILES string of the molecule is CC(O)c1nn(C2CCCCO2)c2ncccc12. The van der Waals surface area contributed by atoms with Crippen molar-refractivity contribution in [3.63, 3.8) is 0 Å². The number of ether oxygens (including phenoxy) is 1. The van der Waals surface area contributed by atoms with Crippen molar-refractivity contribution in [2.24, 2.45) is 0 Å². The standard InChI is InChI=1S/C13H17N3O2/c1-9(17)12-10-5-4-7-14-13(10)16(15-12)11-6-2-3-8-18-11/h4-5,7,9,11,17H,2-3,6,8H2,1H3. The molecule has 2 unspecified atom stereocenters. The number of fused-ring (bicyclic) bond motifs is 1. The molecule has 1 N–H and O–H groups in total. The van der Waals surface area contributed by atoms with Gasteiger partial charge in [0.1, 0.15) is 5.69 Å². The summed E-state index contributed by atoms with van der Waals surface area (Å²) < 4.78 is 7.56. The molecule has 0 aliphatic carbocycles. The molecule has 0 amide bonds. The van der Waals surface area contributed by atoms with Gasteiger partial charge < -0.3 is 9.84 Å². The monoisotopic (exact) mass is 247 g/mol. The van der Waals surface area contributed by atoms with E-state index in [0.717, 1.165) is 36.9 Å². The van der Waals surface area contributed by atoms with Gasteiger partial charge in [-0.15, -0.1) is 0 Å². The predicted molar refractivity (Wildman–Crippen MR) is 67.0 cm³/mol. The summed E-state index contributed by atoms with van der Waals surface area (Å²) in [6.07, 6.45) is 4.29. The Morgan fingerprint density at radius 3 is 3.11 bits per heavy atom. The number of hydrogen-bond donors (Lipinski definition) is 1. The third kappa shape index (κ3) is 1.89. The van der Waals surface area contributed by atoms with Crippen LogP contribution >= 0.6 is 0 Å². The Bertz CT molecular complexity index is 544. The van der Waals surface area contributed by atoms with Crippen molar-refractivity contribution in [1.82, 2.24) is 14.8 Å².